The van der Waals surface area contributed by atoms with Crippen molar-refractivity contribution >= 4 is 40.8 Å². The lowest BCUT2D eigenvalue weighted by molar-refractivity contribution is -0.384. The van der Waals surface area contributed by atoms with Gasteiger partial charge >= 0.3 is 6.03 Å². The van der Waals surface area contributed by atoms with Crippen molar-refractivity contribution in [2.24, 2.45) is 0 Å². The smallest absolute Gasteiger partial charge is 0.325 e. The Morgan fingerprint density at radius 2 is 1.94 bits per heavy atom. The maximum atomic E-state index is 13.0. The van der Waals surface area contributed by atoms with Gasteiger partial charge in [0.25, 0.3) is 11.6 Å². The fourth-order valence-electron chi connectivity index (χ4n) is 3.39. The minimum absolute atomic E-state index is 0.151. The Morgan fingerprint density at radius 3 is 2.52 bits per heavy atom. The highest BCUT2D eigenvalue weighted by Gasteiger charge is 2.49. The van der Waals surface area contributed by atoms with Crippen LogP contribution in [-0.2, 0) is 26.5 Å². The van der Waals surface area contributed by atoms with E-state index < -0.39 is 34.9 Å². The van der Waals surface area contributed by atoms with Crippen LogP contribution in [0.25, 0.3) is 0 Å². The van der Waals surface area contributed by atoms with Crippen molar-refractivity contribution in [1.29, 1.82) is 0 Å². The van der Waals surface area contributed by atoms with Gasteiger partial charge in [-0.1, -0.05) is 6.07 Å². The molecule has 1 fully saturated rings. The van der Waals surface area contributed by atoms with Gasteiger partial charge in [-0.2, -0.15) is 0 Å². The van der Waals surface area contributed by atoms with Crippen molar-refractivity contribution in [2.45, 2.75) is 25.9 Å². The Bertz CT molecular complexity index is 1070. The van der Waals surface area contributed by atoms with Crippen LogP contribution in [0, 0.1) is 10.1 Å². The molecule has 2 aromatic rings. The summed E-state index contributed by atoms with van der Waals surface area (Å²) in [5, 5.41) is 18.0. The number of urea groups is 1. The highest BCUT2D eigenvalue weighted by atomic mass is 32.1. The fourth-order valence-corrected chi connectivity index (χ4v) is 4.04. The predicted octanol–water partition coefficient (Wildman–Crippen LogP) is 1.59. The number of nitrogens with zero attached hydrogens (tertiary/aromatic N) is 3. The second-order valence-electron chi connectivity index (χ2n) is 7.51. The van der Waals surface area contributed by atoms with E-state index in [0.717, 1.165) is 9.78 Å². The van der Waals surface area contributed by atoms with Crippen LogP contribution in [0.4, 0.5) is 10.5 Å². The van der Waals surface area contributed by atoms with Gasteiger partial charge in [-0.05, 0) is 43.0 Å². The molecule has 0 aliphatic carbocycles. The lowest BCUT2D eigenvalue weighted by Crippen LogP contribution is -2.47. The van der Waals surface area contributed by atoms with Crippen molar-refractivity contribution in [3.8, 4) is 0 Å². The minimum Gasteiger partial charge on any atom is -0.350 e. The summed E-state index contributed by atoms with van der Waals surface area (Å²) in [7, 11) is 0. The van der Waals surface area contributed by atoms with Crippen LogP contribution in [0.1, 0.15) is 24.3 Å². The summed E-state index contributed by atoms with van der Waals surface area (Å²) in [6, 6.07) is 8.25. The summed E-state index contributed by atoms with van der Waals surface area (Å²) in [4.78, 5) is 63.8. The molecule has 2 heterocycles. The Balaban J connectivity index is 1.64. The summed E-state index contributed by atoms with van der Waals surface area (Å²) >= 11 is 1.50. The number of benzene rings is 1. The van der Waals surface area contributed by atoms with Gasteiger partial charge in [-0.15, -0.1) is 11.3 Å². The second kappa shape index (κ2) is 9.77. The van der Waals surface area contributed by atoms with Gasteiger partial charge in [0.05, 0.1) is 18.0 Å². The van der Waals surface area contributed by atoms with E-state index in [0.29, 0.717) is 12.1 Å². The topological polar surface area (TPSA) is 142 Å². The number of likely N-dealkylation sites (N-methyl/N-ethyl adjacent to an activating group) is 1. The summed E-state index contributed by atoms with van der Waals surface area (Å²) in [5.74, 6) is -1.57. The number of nitro benzene ring substituents is 1. The quantitative estimate of drug-likeness (QED) is 0.322. The summed E-state index contributed by atoms with van der Waals surface area (Å²) < 4.78 is 0. The molecule has 1 atom stereocenters. The summed E-state index contributed by atoms with van der Waals surface area (Å²) in [6.45, 7) is 2.99. The van der Waals surface area contributed by atoms with Gasteiger partial charge in [0.1, 0.15) is 12.1 Å². The SMILES string of the molecule is CCN(CC(=O)NCc1cccs1)C(=O)CN1C(=O)NC(C)(c2ccc([N+](=O)[O-])cc2)C1=O. The normalized spacial score (nSPS) is 17.6. The maximum Gasteiger partial charge on any atom is 0.325 e. The molecule has 0 bridgehead atoms. The van der Waals surface area contributed by atoms with Gasteiger partial charge in [0.15, 0.2) is 0 Å². The number of hydrogen-bond donors (Lipinski definition) is 2. The zero-order valence-corrected chi connectivity index (χ0v) is 18.9. The van der Waals surface area contributed by atoms with Crippen molar-refractivity contribution in [3.05, 3.63) is 62.3 Å². The fraction of sp³-hybridized carbons (Fsp3) is 0.333. The van der Waals surface area contributed by atoms with Crippen LogP contribution in [0.3, 0.4) is 0 Å². The Morgan fingerprint density at radius 1 is 1.24 bits per heavy atom. The van der Waals surface area contributed by atoms with Crippen LogP contribution < -0.4 is 10.6 Å². The van der Waals surface area contributed by atoms with E-state index >= 15 is 0 Å². The molecular formula is C21H23N5O6S. The van der Waals surface area contributed by atoms with Gasteiger partial charge in [0.2, 0.25) is 11.8 Å². The average molecular weight is 474 g/mol. The van der Waals surface area contributed by atoms with Crippen molar-refractivity contribution in [1.82, 2.24) is 20.4 Å². The molecule has 3 rings (SSSR count). The molecule has 11 nitrogen and oxygen atoms in total. The number of imide groups is 1. The minimum atomic E-state index is -1.47. The van der Waals surface area contributed by atoms with E-state index in [1.807, 2.05) is 17.5 Å². The molecular weight excluding hydrogens is 450 g/mol. The van der Waals surface area contributed by atoms with Gasteiger partial charge in [-0.3, -0.25) is 29.4 Å². The Kier molecular flexibility index (Phi) is 7.07. The van der Waals surface area contributed by atoms with Gasteiger partial charge < -0.3 is 15.5 Å². The lowest BCUT2D eigenvalue weighted by Gasteiger charge is -2.24. The molecule has 12 heteroatoms. The molecule has 0 saturated carbocycles. The molecule has 2 N–H and O–H groups in total. The first-order chi connectivity index (χ1) is 15.7. The molecule has 1 aliphatic rings. The number of non-ortho nitro benzene ring substituents is 1. The van der Waals surface area contributed by atoms with E-state index in [4.69, 9.17) is 0 Å². The number of thiophene rings is 1. The first kappa shape index (κ1) is 23.9. The standard InChI is InChI=1S/C21H23N5O6S/c1-3-24(12-17(27)22-11-16-5-4-10-33-16)18(28)13-25-19(29)21(2,23-20(25)30)14-6-8-15(9-7-14)26(31)32/h4-10H,3,11-13H2,1-2H3,(H,22,27)(H,23,30). The van der Waals surface area contributed by atoms with Gasteiger partial charge in [-0.25, -0.2) is 4.79 Å². The molecule has 0 radical (unpaired) electrons. The molecule has 174 valence electrons. The first-order valence-electron chi connectivity index (χ1n) is 10.1. The van der Waals surface area contributed by atoms with E-state index in [1.54, 1.807) is 6.92 Å². The van der Waals surface area contributed by atoms with Crippen LogP contribution in [0.15, 0.2) is 41.8 Å². The zero-order valence-electron chi connectivity index (χ0n) is 18.1. The largest absolute Gasteiger partial charge is 0.350 e. The van der Waals surface area contributed by atoms with Crippen LogP contribution in [-0.4, -0.2) is 58.1 Å². The molecule has 0 spiro atoms. The number of rotatable bonds is 9. The molecule has 1 aromatic heterocycles. The molecule has 33 heavy (non-hydrogen) atoms. The second-order valence-corrected chi connectivity index (χ2v) is 8.55. The number of nitro groups is 1. The van der Waals surface area contributed by atoms with Crippen molar-refractivity contribution in [2.75, 3.05) is 19.6 Å². The molecule has 1 aromatic carbocycles. The number of nitrogens with one attached hydrogen (secondary N) is 2. The number of carbonyl (C=O) groups is 4. The first-order valence-corrected chi connectivity index (χ1v) is 11.0. The number of hydrogen-bond acceptors (Lipinski definition) is 7. The Labute approximate surface area is 193 Å². The molecule has 1 unspecified atom stereocenters. The van der Waals surface area contributed by atoms with Crippen LogP contribution >= 0.6 is 11.3 Å². The zero-order chi connectivity index (χ0) is 24.2. The van der Waals surface area contributed by atoms with Gasteiger partial charge in [0, 0.05) is 23.6 Å². The summed E-state index contributed by atoms with van der Waals surface area (Å²) in [6.07, 6.45) is 0. The average Bonchev–Trinajstić information content (AvgIpc) is 3.39. The monoisotopic (exact) mass is 473 g/mol. The summed E-state index contributed by atoms with van der Waals surface area (Å²) in [5.41, 5.74) is -1.27. The third-order valence-corrected chi connectivity index (χ3v) is 6.21. The molecule has 1 saturated heterocycles. The highest BCUT2D eigenvalue weighted by molar-refractivity contribution is 7.09. The third kappa shape index (κ3) is 5.17. The number of amides is 5. The molecule has 5 amide bonds. The highest BCUT2D eigenvalue weighted by Crippen LogP contribution is 2.30. The van der Waals surface area contributed by atoms with Crippen LogP contribution in [0.2, 0.25) is 0 Å². The van der Waals surface area contributed by atoms with E-state index in [9.17, 15) is 29.3 Å². The van der Waals surface area contributed by atoms with E-state index in [-0.39, 0.29) is 24.7 Å². The van der Waals surface area contributed by atoms with E-state index in [2.05, 4.69) is 10.6 Å². The molecule has 1 aliphatic heterocycles. The predicted molar refractivity (Wildman–Crippen MR) is 119 cm³/mol. The lowest BCUT2D eigenvalue weighted by atomic mass is 9.92. The Hall–Kier alpha value is -3.80. The van der Waals surface area contributed by atoms with Crippen molar-refractivity contribution in [3.63, 3.8) is 0 Å². The third-order valence-electron chi connectivity index (χ3n) is 5.33. The maximum absolute atomic E-state index is 13.0. The van der Waals surface area contributed by atoms with Crippen LogP contribution in [0.5, 0.6) is 0 Å². The van der Waals surface area contributed by atoms with Crippen molar-refractivity contribution < 1.29 is 24.1 Å². The number of carbonyl (C=O) groups excluding carboxylic acids is 4. The van der Waals surface area contributed by atoms with E-state index in [1.165, 1.54) is 47.4 Å².